The first-order valence-electron chi connectivity index (χ1n) is 4.01. The van der Waals surface area contributed by atoms with E-state index in [-0.39, 0.29) is 10.5 Å². The average molecular weight is 226 g/mol. The summed E-state index contributed by atoms with van der Waals surface area (Å²) < 4.78 is 27.3. The predicted octanol–water partition coefficient (Wildman–Crippen LogP) is 0.523. The van der Waals surface area contributed by atoms with Crippen LogP contribution < -0.4 is 9.88 Å². The number of nitrogens with two attached hydrogens (primary N) is 1. The molecule has 0 saturated heterocycles. The number of rotatable bonds is 2. The molecule has 1 aromatic rings. The molecule has 0 saturated carbocycles. The van der Waals surface area contributed by atoms with E-state index < -0.39 is 10.0 Å². The second kappa shape index (κ2) is 3.88. The molecule has 1 rings (SSSR count). The normalized spacial score (nSPS) is 10.8. The summed E-state index contributed by atoms with van der Waals surface area (Å²) in [5, 5.41) is 13.7. The molecule has 0 aromatic heterocycles. The van der Waals surface area contributed by atoms with E-state index >= 15 is 0 Å². The molecule has 0 unspecified atom stereocenters. The van der Waals surface area contributed by atoms with E-state index in [2.05, 4.69) is 0 Å². The van der Waals surface area contributed by atoms with Gasteiger partial charge in [-0.25, -0.2) is 13.6 Å². The summed E-state index contributed by atoms with van der Waals surface area (Å²) >= 11 is 0. The zero-order chi connectivity index (χ0) is 11.6. The van der Waals surface area contributed by atoms with E-state index in [0.29, 0.717) is 11.3 Å². The van der Waals surface area contributed by atoms with E-state index in [1.54, 1.807) is 13.0 Å². The van der Waals surface area contributed by atoms with Gasteiger partial charge in [-0.3, -0.25) is 0 Å². The van der Waals surface area contributed by atoms with Crippen molar-refractivity contribution in [2.75, 3.05) is 7.11 Å². The highest BCUT2D eigenvalue weighted by Gasteiger charge is 2.16. The van der Waals surface area contributed by atoms with Crippen molar-refractivity contribution in [3.63, 3.8) is 0 Å². The number of nitrogens with zero attached hydrogens (tertiary/aromatic N) is 1. The summed E-state index contributed by atoms with van der Waals surface area (Å²) in [6.07, 6.45) is 0. The number of hydrogen-bond donors (Lipinski definition) is 1. The van der Waals surface area contributed by atoms with Crippen molar-refractivity contribution >= 4 is 10.0 Å². The molecule has 1 aromatic carbocycles. The Morgan fingerprint density at radius 3 is 2.47 bits per heavy atom. The Labute approximate surface area is 88.1 Å². The molecule has 0 atom stereocenters. The van der Waals surface area contributed by atoms with Crippen LogP contribution in [-0.2, 0) is 10.0 Å². The average Bonchev–Trinajstić information content (AvgIpc) is 2.15. The molecular formula is C9H10N2O3S. The molecule has 2 N–H and O–H groups in total. The second-order valence-corrected chi connectivity index (χ2v) is 4.50. The number of hydrogen-bond acceptors (Lipinski definition) is 4. The third-order valence-electron chi connectivity index (χ3n) is 1.92. The first-order chi connectivity index (χ1) is 6.90. The van der Waals surface area contributed by atoms with E-state index in [0.717, 1.165) is 0 Å². The van der Waals surface area contributed by atoms with Crippen molar-refractivity contribution in [3.05, 3.63) is 23.3 Å². The highest BCUT2D eigenvalue weighted by molar-refractivity contribution is 7.89. The van der Waals surface area contributed by atoms with Gasteiger partial charge in [0, 0.05) is 6.07 Å². The van der Waals surface area contributed by atoms with Gasteiger partial charge in [0.2, 0.25) is 10.0 Å². The van der Waals surface area contributed by atoms with Gasteiger partial charge >= 0.3 is 0 Å². The van der Waals surface area contributed by atoms with Gasteiger partial charge < -0.3 is 4.74 Å². The molecule has 0 aliphatic heterocycles. The predicted molar refractivity (Wildman–Crippen MR) is 53.8 cm³/mol. The van der Waals surface area contributed by atoms with Crippen molar-refractivity contribution in [3.8, 4) is 11.8 Å². The maximum Gasteiger partial charge on any atom is 0.239 e. The third kappa shape index (κ3) is 2.26. The van der Waals surface area contributed by atoms with Crippen LogP contribution in [-0.4, -0.2) is 15.5 Å². The molecule has 0 amide bonds. The lowest BCUT2D eigenvalue weighted by molar-refractivity contribution is 0.410. The van der Waals surface area contributed by atoms with Crippen LogP contribution in [0.4, 0.5) is 0 Å². The van der Waals surface area contributed by atoms with Crippen LogP contribution in [0.2, 0.25) is 0 Å². The van der Waals surface area contributed by atoms with Crippen molar-refractivity contribution in [1.29, 1.82) is 5.26 Å². The zero-order valence-corrected chi connectivity index (χ0v) is 9.13. The molecule has 0 radical (unpaired) electrons. The Bertz CT molecular complexity index is 529. The monoisotopic (exact) mass is 226 g/mol. The molecule has 80 valence electrons. The molecule has 0 aliphatic rings. The van der Waals surface area contributed by atoms with Gasteiger partial charge in [0.25, 0.3) is 0 Å². The number of methoxy groups -OCH3 is 1. The van der Waals surface area contributed by atoms with Gasteiger partial charge in [-0.1, -0.05) is 0 Å². The molecule has 0 fully saturated rings. The zero-order valence-electron chi connectivity index (χ0n) is 8.31. The fourth-order valence-electron chi connectivity index (χ4n) is 1.21. The van der Waals surface area contributed by atoms with Crippen molar-refractivity contribution < 1.29 is 13.2 Å². The summed E-state index contributed by atoms with van der Waals surface area (Å²) in [6, 6.07) is 4.46. The topological polar surface area (TPSA) is 93.2 Å². The number of sulfonamides is 1. The molecule has 0 spiro atoms. The van der Waals surface area contributed by atoms with Crippen LogP contribution in [0.3, 0.4) is 0 Å². The van der Waals surface area contributed by atoms with Crippen molar-refractivity contribution in [1.82, 2.24) is 0 Å². The fraction of sp³-hybridized carbons (Fsp3) is 0.222. The molecule has 15 heavy (non-hydrogen) atoms. The second-order valence-electron chi connectivity index (χ2n) is 2.97. The Hall–Kier alpha value is -1.58. The number of ether oxygens (including phenoxy) is 1. The van der Waals surface area contributed by atoms with E-state index in [9.17, 15) is 8.42 Å². The van der Waals surface area contributed by atoms with Crippen molar-refractivity contribution in [2.24, 2.45) is 5.14 Å². The van der Waals surface area contributed by atoms with Gasteiger partial charge in [-0.15, -0.1) is 0 Å². The van der Waals surface area contributed by atoms with Crippen LogP contribution in [0, 0.1) is 18.3 Å². The minimum absolute atomic E-state index is 0.0239. The standard InChI is InChI=1S/C9H10N2O3S/c1-6-3-7(5-10)9(15(11,12)13)4-8(6)14-2/h3-4H,1-2H3,(H2,11,12,13). The minimum Gasteiger partial charge on any atom is -0.496 e. The Kier molecular flexibility index (Phi) is 2.98. The maximum absolute atomic E-state index is 11.2. The number of nitriles is 1. The molecule has 0 bridgehead atoms. The first-order valence-corrected chi connectivity index (χ1v) is 5.56. The molecule has 6 heteroatoms. The first kappa shape index (κ1) is 11.5. The lowest BCUT2D eigenvalue weighted by Gasteiger charge is -2.08. The number of primary sulfonamides is 1. The fourth-order valence-corrected chi connectivity index (χ4v) is 1.89. The number of aryl methyl sites for hydroxylation is 1. The van der Waals surface area contributed by atoms with Crippen LogP contribution in [0.5, 0.6) is 5.75 Å². The van der Waals surface area contributed by atoms with Gasteiger partial charge in [-0.2, -0.15) is 5.26 Å². The summed E-state index contributed by atoms with van der Waals surface area (Å²) in [6.45, 7) is 1.71. The highest BCUT2D eigenvalue weighted by Crippen LogP contribution is 2.24. The Balaban J connectivity index is 3.59. The molecule has 5 nitrogen and oxygen atoms in total. The van der Waals surface area contributed by atoms with E-state index in [1.165, 1.54) is 19.2 Å². The highest BCUT2D eigenvalue weighted by atomic mass is 32.2. The molecule has 0 aliphatic carbocycles. The third-order valence-corrected chi connectivity index (χ3v) is 2.87. The van der Waals surface area contributed by atoms with Crippen LogP contribution in [0.25, 0.3) is 0 Å². The van der Waals surface area contributed by atoms with Crippen LogP contribution >= 0.6 is 0 Å². The summed E-state index contributed by atoms with van der Waals surface area (Å²) in [7, 11) is -2.48. The van der Waals surface area contributed by atoms with Crippen LogP contribution in [0.1, 0.15) is 11.1 Å². The van der Waals surface area contributed by atoms with Crippen LogP contribution in [0.15, 0.2) is 17.0 Å². The Morgan fingerprint density at radius 1 is 1.47 bits per heavy atom. The van der Waals surface area contributed by atoms with E-state index in [1.807, 2.05) is 0 Å². The van der Waals surface area contributed by atoms with Gasteiger partial charge in [0.1, 0.15) is 16.7 Å². The summed E-state index contributed by atoms with van der Waals surface area (Å²) in [5.74, 6) is 0.387. The smallest absolute Gasteiger partial charge is 0.239 e. The largest absolute Gasteiger partial charge is 0.496 e. The Morgan fingerprint density at radius 2 is 2.07 bits per heavy atom. The lowest BCUT2D eigenvalue weighted by atomic mass is 10.1. The molecule has 0 heterocycles. The number of benzene rings is 1. The minimum atomic E-state index is -3.90. The lowest BCUT2D eigenvalue weighted by Crippen LogP contribution is -2.14. The maximum atomic E-state index is 11.2. The SMILES string of the molecule is COc1cc(S(N)(=O)=O)c(C#N)cc1C. The van der Waals surface area contributed by atoms with Gasteiger partial charge in [-0.05, 0) is 18.6 Å². The van der Waals surface area contributed by atoms with Gasteiger partial charge in [0.05, 0.1) is 12.7 Å². The van der Waals surface area contributed by atoms with Crippen molar-refractivity contribution in [2.45, 2.75) is 11.8 Å². The van der Waals surface area contributed by atoms with Gasteiger partial charge in [0.15, 0.2) is 0 Å². The van der Waals surface area contributed by atoms with E-state index in [4.69, 9.17) is 15.1 Å². The quantitative estimate of drug-likeness (QED) is 0.795. The summed E-state index contributed by atoms with van der Waals surface area (Å²) in [4.78, 5) is -0.215. The summed E-state index contributed by atoms with van der Waals surface area (Å²) in [5.41, 5.74) is 0.706. The molecular weight excluding hydrogens is 216 g/mol.